The van der Waals surface area contributed by atoms with Crippen LogP contribution in [-0.4, -0.2) is 18.6 Å². The highest BCUT2D eigenvalue weighted by Gasteiger charge is 2.29. The monoisotopic (exact) mass is 296 g/mol. The molecule has 1 atom stereocenters. The Kier molecular flexibility index (Phi) is 5.26. The largest absolute Gasteiger partial charge is 0.491 e. The molecule has 0 saturated heterocycles. The molecule has 1 aromatic carbocycles. The number of halogens is 1. The van der Waals surface area contributed by atoms with Gasteiger partial charge in [-0.1, -0.05) is 18.5 Å². The Bertz CT molecular complexity index is 475. The molecular weight excluding hydrogens is 276 g/mol. The van der Waals surface area contributed by atoms with Crippen LogP contribution in [0.25, 0.3) is 0 Å². The molecule has 5 heteroatoms. The van der Waals surface area contributed by atoms with Crippen LogP contribution in [0.1, 0.15) is 32.6 Å². The molecule has 0 aliphatic heterocycles. The molecule has 1 amide bonds. The third kappa shape index (κ3) is 4.39. The maximum Gasteiger partial charge on any atom is 0.226 e. The molecule has 4 nitrogen and oxygen atoms in total. The molecule has 1 unspecified atom stereocenters. The number of rotatable bonds is 7. The number of hydrogen-bond donors (Lipinski definition) is 2. The highest BCUT2D eigenvalue weighted by atomic mass is 35.5. The van der Waals surface area contributed by atoms with E-state index in [4.69, 9.17) is 22.1 Å². The van der Waals surface area contributed by atoms with E-state index in [1.54, 1.807) is 18.2 Å². The van der Waals surface area contributed by atoms with Crippen molar-refractivity contribution in [3.05, 3.63) is 23.2 Å². The lowest BCUT2D eigenvalue weighted by Crippen LogP contribution is -2.29. The molecule has 0 spiro atoms. The summed E-state index contributed by atoms with van der Waals surface area (Å²) < 4.78 is 5.60. The van der Waals surface area contributed by atoms with E-state index in [0.29, 0.717) is 35.4 Å². The van der Waals surface area contributed by atoms with Crippen molar-refractivity contribution in [2.24, 2.45) is 11.7 Å². The van der Waals surface area contributed by atoms with Gasteiger partial charge < -0.3 is 15.8 Å². The Hall–Kier alpha value is -1.26. The third-order valence-corrected chi connectivity index (χ3v) is 3.56. The predicted octanol–water partition coefficient (Wildman–Crippen LogP) is 3.19. The summed E-state index contributed by atoms with van der Waals surface area (Å²) in [6.45, 7) is 2.63. The molecule has 20 heavy (non-hydrogen) atoms. The second kappa shape index (κ2) is 6.95. The zero-order valence-electron chi connectivity index (χ0n) is 11.7. The lowest BCUT2D eigenvalue weighted by atomic mass is 10.1. The summed E-state index contributed by atoms with van der Waals surface area (Å²) in [5, 5.41) is 3.41. The summed E-state index contributed by atoms with van der Waals surface area (Å²) in [4.78, 5) is 12.0. The lowest BCUT2D eigenvalue weighted by molar-refractivity contribution is -0.116. The molecule has 0 heterocycles. The Morgan fingerprint density at radius 3 is 2.95 bits per heavy atom. The maximum absolute atomic E-state index is 12.0. The molecular formula is C15H21ClN2O2. The summed E-state index contributed by atoms with van der Waals surface area (Å²) in [5.41, 5.74) is 6.57. The second-order valence-electron chi connectivity index (χ2n) is 5.24. The van der Waals surface area contributed by atoms with Gasteiger partial charge in [-0.15, -0.1) is 0 Å². The van der Waals surface area contributed by atoms with Gasteiger partial charge in [-0.25, -0.2) is 0 Å². The molecule has 0 aromatic heterocycles. The Labute approximate surface area is 124 Å². The van der Waals surface area contributed by atoms with Crippen molar-refractivity contribution < 1.29 is 9.53 Å². The number of anilines is 1. The van der Waals surface area contributed by atoms with Gasteiger partial charge in [0.05, 0.1) is 12.3 Å². The van der Waals surface area contributed by atoms with Crippen LogP contribution < -0.4 is 15.8 Å². The summed E-state index contributed by atoms with van der Waals surface area (Å²) in [5.74, 6) is 1.06. The Morgan fingerprint density at radius 1 is 1.55 bits per heavy atom. The second-order valence-corrected chi connectivity index (χ2v) is 5.68. The van der Waals surface area contributed by atoms with Crippen LogP contribution in [0.5, 0.6) is 5.75 Å². The molecule has 1 aliphatic carbocycles. The molecule has 0 radical (unpaired) electrons. The maximum atomic E-state index is 12.0. The van der Waals surface area contributed by atoms with E-state index in [9.17, 15) is 4.79 Å². The van der Waals surface area contributed by atoms with Crippen LogP contribution in [0.4, 0.5) is 5.69 Å². The summed E-state index contributed by atoms with van der Waals surface area (Å²) >= 11 is 5.97. The van der Waals surface area contributed by atoms with Crippen molar-refractivity contribution in [2.45, 2.75) is 38.6 Å². The van der Waals surface area contributed by atoms with E-state index in [1.165, 1.54) is 0 Å². The molecule has 1 aromatic rings. The summed E-state index contributed by atoms with van der Waals surface area (Å²) in [6.07, 6.45) is 3.51. The smallest absolute Gasteiger partial charge is 0.226 e. The first kappa shape index (κ1) is 15.1. The average molecular weight is 297 g/mol. The topological polar surface area (TPSA) is 64.3 Å². The highest BCUT2D eigenvalue weighted by molar-refractivity contribution is 6.31. The predicted molar refractivity (Wildman–Crippen MR) is 81.2 cm³/mol. The molecule has 1 aliphatic rings. The highest BCUT2D eigenvalue weighted by Crippen LogP contribution is 2.33. The van der Waals surface area contributed by atoms with Crippen molar-refractivity contribution in [1.29, 1.82) is 0 Å². The first-order valence-electron chi connectivity index (χ1n) is 7.08. The SMILES string of the molecule is CCCOc1ccc(Cl)cc1NC(=O)CC(N)C1CC1. The third-order valence-electron chi connectivity index (χ3n) is 3.33. The molecule has 110 valence electrons. The first-order valence-corrected chi connectivity index (χ1v) is 7.45. The number of benzene rings is 1. The number of amides is 1. The normalized spacial score (nSPS) is 15.8. The number of ether oxygens (including phenoxy) is 1. The van der Waals surface area contributed by atoms with Crippen LogP contribution in [0.3, 0.4) is 0 Å². The first-order chi connectivity index (χ1) is 9.60. The van der Waals surface area contributed by atoms with Crippen molar-refractivity contribution in [3.63, 3.8) is 0 Å². The summed E-state index contributed by atoms with van der Waals surface area (Å²) in [6, 6.07) is 5.17. The minimum atomic E-state index is -0.0898. The molecule has 1 saturated carbocycles. The standard InChI is InChI=1S/C15H21ClN2O2/c1-2-7-20-14-6-5-11(16)8-13(14)18-15(19)9-12(17)10-3-4-10/h5-6,8,10,12H,2-4,7,9,17H2,1H3,(H,18,19). The van der Waals surface area contributed by atoms with Crippen molar-refractivity contribution in [3.8, 4) is 5.75 Å². The Morgan fingerprint density at radius 2 is 2.30 bits per heavy atom. The van der Waals surface area contributed by atoms with Crippen LogP contribution >= 0.6 is 11.6 Å². The average Bonchev–Trinajstić information content (AvgIpc) is 3.22. The summed E-state index contributed by atoms with van der Waals surface area (Å²) in [7, 11) is 0. The van der Waals surface area contributed by atoms with Crippen molar-refractivity contribution in [1.82, 2.24) is 0 Å². The van der Waals surface area contributed by atoms with Gasteiger partial charge in [-0.3, -0.25) is 4.79 Å². The van der Waals surface area contributed by atoms with Crippen molar-refractivity contribution in [2.75, 3.05) is 11.9 Å². The number of carbonyl (C=O) groups excluding carboxylic acids is 1. The minimum Gasteiger partial charge on any atom is -0.491 e. The quantitative estimate of drug-likeness (QED) is 0.812. The van der Waals surface area contributed by atoms with E-state index < -0.39 is 0 Å². The van der Waals surface area contributed by atoms with E-state index in [1.807, 2.05) is 6.92 Å². The van der Waals surface area contributed by atoms with E-state index in [0.717, 1.165) is 19.3 Å². The molecule has 3 N–H and O–H groups in total. The zero-order valence-corrected chi connectivity index (χ0v) is 12.5. The van der Waals surface area contributed by atoms with E-state index in [2.05, 4.69) is 5.32 Å². The molecule has 1 fully saturated rings. The lowest BCUT2D eigenvalue weighted by Gasteiger charge is -2.14. The molecule has 2 rings (SSSR count). The van der Waals surface area contributed by atoms with Crippen LogP contribution in [0.15, 0.2) is 18.2 Å². The van der Waals surface area contributed by atoms with Gasteiger partial charge in [0.2, 0.25) is 5.91 Å². The van der Waals surface area contributed by atoms with Crippen LogP contribution in [0.2, 0.25) is 5.02 Å². The number of hydrogen-bond acceptors (Lipinski definition) is 3. The van der Waals surface area contributed by atoms with E-state index in [-0.39, 0.29) is 11.9 Å². The van der Waals surface area contributed by atoms with Gasteiger partial charge in [0, 0.05) is 17.5 Å². The van der Waals surface area contributed by atoms with Crippen molar-refractivity contribution >= 4 is 23.2 Å². The molecule has 0 bridgehead atoms. The van der Waals surface area contributed by atoms with Gasteiger partial charge in [0.25, 0.3) is 0 Å². The van der Waals surface area contributed by atoms with Gasteiger partial charge in [0.1, 0.15) is 5.75 Å². The number of carbonyl (C=O) groups is 1. The fraction of sp³-hybridized carbons (Fsp3) is 0.533. The van der Waals surface area contributed by atoms with Crippen LogP contribution in [-0.2, 0) is 4.79 Å². The fourth-order valence-corrected chi connectivity index (χ4v) is 2.22. The number of nitrogens with one attached hydrogen (secondary N) is 1. The van der Waals surface area contributed by atoms with Gasteiger partial charge >= 0.3 is 0 Å². The van der Waals surface area contributed by atoms with Gasteiger partial charge in [0.15, 0.2) is 0 Å². The minimum absolute atomic E-state index is 0.0470. The van der Waals surface area contributed by atoms with Crippen LogP contribution in [0, 0.1) is 5.92 Å². The van der Waals surface area contributed by atoms with E-state index >= 15 is 0 Å². The zero-order chi connectivity index (χ0) is 14.5. The van der Waals surface area contributed by atoms with Gasteiger partial charge in [-0.05, 0) is 43.4 Å². The Balaban J connectivity index is 1.98. The number of nitrogens with two attached hydrogens (primary N) is 1. The van der Waals surface area contributed by atoms with Gasteiger partial charge in [-0.2, -0.15) is 0 Å². The fourth-order valence-electron chi connectivity index (χ4n) is 2.04.